The Hall–Kier alpha value is -2.60. The molecule has 5 nitrogen and oxygen atoms in total. The lowest BCUT2D eigenvalue weighted by Gasteiger charge is -2.10. The van der Waals surface area contributed by atoms with Gasteiger partial charge in [0.05, 0.1) is 17.2 Å². The molecule has 0 atom stereocenters. The molecule has 0 saturated heterocycles. The molecular formula is C18H19N3O2S. The Kier molecular flexibility index (Phi) is 4.96. The molecule has 0 aliphatic carbocycles. The molecule has 0 fully saturated rings. The molecule has 2 aromatic heterocycles. The fourth-order valence-electron chi connectivity index (χ4n) is 2.36. The summed E-state index contributed by atoms with van der Waals surface area (Å²) in [5.41, 5.74) is 2.18. The standard InChI is InChI=1S/C18H19N3O2S/c1-3-23-16-7-5-4-6-13(16)11-19-18(22)15-10-14(20-21-15)17-9-8-12(2)24-17/h4-10H,3,11H2,1-2H3,(H,19,22)(H,20,21). The molecule has 0 aliphatic rings. The van der Waals surface area contributed by atoms with Crippen molar-refractivity contribution in [1.82, 2.24) is 15.5 Å². The molecule has 3 rings (SSSR count). The molecule has 0 unspecified atom stereocenters. The quantitative estimate of drug-likeness (QED) is 0.717. The first-order valence-electron chi connectivity index (χ1n) is 7.78. The Balaban J connectivity index is 1.67. The van der Waals surface area contributed by atoms with Crippen LogP contribution in [0.4, 0.5) is 0 Å². The van der Waals surface area contributed by atoms with Gasteiger partial charge in [0.15, 0.2) is 5.69 Å². The molecule has 0 spiro atoms. The summed E-state index contributed by atoms with van der Waals surface area (Å²) >= 11 is 1.66. The summed E-state index contributed by atoms with van der Waals surface area (Å²) in [7, 11) is 0. The largest absolute Gasteiger partial charge is 0.494 e. The van der Waals surface area contributed by atoms with E-state index >= 15 is 0 Å². The van der Waals surface area contributed by atoms with E-state index in [1.807, 2.05) is 50.2 Å². The number of carbonyl (C=O) groups excluding carboxylic acids is 1. The van der Waals surface area contributed by atoms with Gasteiger partial charge in [-0.15, -0.1) is 11.3 Å². The van der Waals surface area contributed by atoms with E-state index in [0.717, 1.165) is 21.9 Å². The maximum Gasteiger partial charge on any atom is 0.272 e. The molecule has 0 aliphatic heterocycles. The molecule has 0 bridgehead atoms. The maximum absolute atomic E-state index is 12.3. The van der Waals surface area contributed by atoms with Crippen LogP contribution >= 0.6 is 11.3 Å². The number of amides is 1. The van der Waals surface area contributed by atoms with Gasteiger partial charge in [-0.2, -0.15) is 5.10 Å². The number of nitrogens with zero attached hydrogens (tertiary/aromatic N) is 1. The van der Waals surface area contributed by atoms with Crippen LogP contribution in [0.2, 0.25) is 0 Å². The van der Waals surface area contributed by atoms with Crippen LogP contribution in [0.1, 0.15) is 27.9 Å². The number of ether oxygens (including phenoxy) is 1. The van der Waals surface area contributed by atoms with Crippen molar-refractivity contribution in [3.63, 3.8) is 0 Å². The van der Waals surface area contributed by atoms with Crippen molar-refractivity contribution in [2.75, 3.05) is 6.61 Å². The van der Waals surface area contributed by atoms with Gasteiger partial charge in [-0.25, -0.2) is 0 Å². The molecule has 0 saturated carbocycles. The molecule has 0 radical (unpaired) electrons. The summed E-state index contributed by atoms with van der Waals surface area (Å²) in [6.07, 6.45) is 0. The zero-order valence-electron chi connectivity index (χ0n) is 13.6. The van der Waals surface area contributed by atoms with Crippen molar-refractivity contribution in [2.45, 2.75) is 20.4 Å². The summed E-state index contributed by atoms with van der Waals surface area (Å²) in [5, 5.41) is 9.92. The van der Waals surface area contributed by atoms with E-state index < -0.39 is 0 Å². The Morgan fingerprint density at radius 2 is 2.12 bits per heavy atom. The van der Waals surface area contributed by atoms with Gasteiger partial charge >= 0.3 is 0 Å². The highest BCUT2D eigenvalue weighted by Gasteiger charge is 2.13. The molecule has 6 heteroatoms. The summed E-state index contributed by atoms with van der Waals surface area (Å²) in [5.74, 6) is 0.578. The molecule has 3 aromatic rings. The van der Waals surface area contributed by atoms with Crippen molar-refractivity contribution >= 4 is 17.2 Å². The van der Waals surface area contributed by atoms with Gasteiger partial charge in [0, 0.05) is 17.0 Å². The molecule has 1 amide bonds. The fourth-order valence-corrected chi connectivity index (χ4v) is 3.19. The second-order valence-corrected chi connectivity index (χ2v) is 6.59. The predicted molar refractivity (Wildman–Crippen MR) is 95.4 cm³/mol. The summed E-state index contributed by atoms with van der Waals surface area (Å²) in [4.78, 5) is 14.6. The number of carbonyl (C=O) groups is 1. The second kappa shape index (κ2) is 7.31. The highest BCUT2D eigenvalue weighted by Crippen LogP contribution is 2.26. The smallest absolute Gasteiger partial charge is 0.272 e. The Morgan fingerprint density at radius 3 is 2.88 bits per heavy atom. The topological polar surface area (TPSA) is 67.0 Å². The zero-order chi connectivity index (χ0) is 16.9. The molecular weight excluding hydrogens is 322 g/mol. The normalized spacial score (nSPS) is 10.6. The third kappa shape index (κ3) is 3.65. The summed E-state index contributed by atoms with van der Waals surface area (Å²) in [6.45, 7) is 4.98. The average Bonchev–Trinajstić information content (AvgIpc) is 3.23. The second-order valence-electron chi connectivity index (χ2n) is 5.30. The Bertz CT molecular complexity index is 838. The van der Waals surface area contributed by atoms with Crippen molar-refractivity contribution in [1.29, 1.82) is 0 Å². The minimum Gasteiger partial charge on any atom is -0.494 e. The van der Waals surface area contributed by atoms with Crippen LogP contribution in [-0.2, 0) is 6.54 Å². The van der Waals surface area contributed by atoms with Crippen LogP contribution in [0.15, 0.2) is 42.5 Å². The van der Waals surface area contributed by atoms with Crippen LogP contribution in [0.5, 0.6) is 5.75 Å². The van der Waals surface area contributed by atoms with Gasteiger partial charge in [0.1, 0.15) is 5.75 Å². The van der Waals surface area contributed by atoms with Crippen LogP contribution in [0.25, 0.3) is 10.6 Å². The van der Waals surface area contributed by atoms with Gasteiger partial charge in [-0.3, -0.25) is 9.89 Å². The first-order chi connectivity index (χ1) is 11.7. The average molecular weight is 341 g/mol. The number of thiophene rings is 1. The number of nitrogens with one attached hydrogen (secondary N) is 2. The number of hydrogen-bond donors (Lipinski definition) is 2. The predicted octanol–water partition coefficient (Wildman–Crippen LogP) is 3.78. The van der Waals surface area contributed by atoms with Crippen LogP contribution < -0.4 is 10.1 Å². The van der Waals surface area contributed by atoms with E-state index in [4.69, 9.17) is 4.74 Å². The zero-order valence-corrected chi connectivity index (χ0v) is 14.4. The van der Waals surface area contributed by atoms with Crippen molar-refractivity contribution in [3.8, 4) is 16.3 Å². The van der Waals surface area contributed by atoms with Gasteiger partial charge in [0.2, 0.25) is 0 Å². The molecule has 24 heavy (non-hydrogen) atoms. The number of H-pyrrole nitrogens is 1. The molecule has 2 heterocycles. The van der Waals surface area contributed by atoms with Crippen molar-refractivity contribution in [2.24, 2.45) is 0 Å². The third-order valence-electron chi connectivity index (χ3n) is 3.53. The molecule has 124 valence electrons. The summed E-state index contributed by atoms with van der Waals surface area (Å²) < 4.78 is 5.57. The number of rotatable bonds is 6. The number of hydrogen-bond acceptors (Lipinski definition) is 4. The van der Waals surface area contributed by atoms with E-state index in [1.165, 1.54) is 4.88 Å². The SMILES string of the molecule is CCOc1ccccc1CNC(=O)c1cc(-c2ccc(C)s2)[nH]n1. The number of aromatic nitrogens is 2. The van der Waals surface area contributed by atoms with Gasteiger partial charge in [0.25, 0.3) is 5.91 Å². The Morgan fingerprint density at radius 1 is 1.29 bits per heavy atom. The minimum absolute atomic E-state index is 0.211. The van der Waals surface area contributed by atoms with Gasteiger partial charge in [-0.1, -0.05) is 18.2 Å². The number of para-hydroxylation sites is 1. The number of aryl methyl sites for hydroxylation is 1. The molecule has 1 aromatic carbocycles. The van der Waals surface area contributed by atoms with Gasteiger partial charge < -0.3 is 10.1 Å². The summed E-state index contributed by atoms with van der Waals surface area (Å²) in [6, 6.07) is 13.5. The fraction of sp³-hybridized carbons (Fsp3) is 0.222. The highest BCUT2D eigenvalue weighted by molar-refractivity contribution is 7.15. The van der Waals surface area contributed by atoms with E-state index in [2.05, 4.69) is 15.5 Å². The van der Waals surface area contributed by atoms with E-state index in [-0.39, 0.29) is 5.91 Å². The Labute approximate surface area is 144 Å². The van der Waals surface area contributed by atoms with Crippen LogP contribution in [0, 0.1) is 6.92 Å². The highest BCUT2D eigenvalue weighted by atomic mass is 32.1. The first-order valence-corrected chi connectivity index (χ1v) is 8.60. The van der Waals surface area contributed by atoms with Gasteiger partial charge in [-0.05, 0) is 38.1 Å². The van der Waals surface area contributed by atoms with Crippen LogP contribution in [0.3, 0.4) is 0 Å². The maximum atomic E-state index is 12.3. The first kappa shape index (κ1) is 16.3. The minimum atomic E-state index is -0.211. The number of aromatic amines is 1. The lowest BCUT2D eigenvalue weighted by molar-refractivity contribution is 0.0945. The van der Waals surface area contributed by atoms with Crippen LogP contribution in [-0.4, -0.2) is 22.7 Å². The molecule has 2 N–H and O–H groups in total. The van der Waals surface area contributed by atoms with E-state index in [9.17, 15) is 4.79 Å². The van der Waals surface area contributed by atoms with E-state index in [1.54, 1.807) is 17.4 Å². The van der Waals surface area contributed by atoms with Crippen molar-refractivity contribution < 1.29 is 9.53 Å². The van der Waals surface area contributed by atoms with Crippen molar-refractivity contribution in [3.05, 3.63) is 58.6 Å². The lowest BCUT2D eigenvalue weighted by atomic mass is 10.2. The third-order valence-corrected chi connectivity index (χ3v) is 4.56. The lowest BCUT2D eigenvalue weighted by Crippen LogP contribution is -2.23. The number of benzene rings is 1. The monoisotopic (exact) mass is 341 g/mol. The van der Waals surface area contributed by atoms with E-state index in [0.29, 0.717) is 18.8 Å².